The predicted octanol–water partition coefficient (Wildman–Crippen LogP) is 3.15. The molecule has 0 aliphatic carbocycles. The first-order chi connectivity index (χ1) is 12.6. The van der Waals surface area contributed by atoms with Gasteiger partial charge in [-0.3, -0.25) is 4.79 Å². The second-order valence-electron chi connectivity index (χ2n) is 5.67. The van der Waals surface area contributed by atoms with Crippen LogP contribution in [-0.4, -0.2) is 30.2 Å². The lowest BCUT2D eigenvalue weighted by Gasteiger charge is -2.05. The van der Waals surface area contributed by atoms with Gasteiger partial charge < -0.3 is 4.98 Å². The van der Waals surface area contributed by atoms with Crippen molar-refractivity contribution < 1.29 is 0 Å². The maximum Gasteiger partial charge on any atom is 0.258 e. The van der Waals surface area contributed by atoms with Crippen LogP contribution in [0, 0.1) is 6.92 Å². The van der Waals surface area contributed by atoms with Crippen LogP contribution < -0.4 is 5.56 Å². The fraction of sp³-hybridized carbons (Fsp3) is 0.118. The first kappa shape index (κ1) is 16.7. The van der Waals surface area contributed by atoms with E-state index in [9.17, 15) is 4.79 Å². The number of H-pyrrole nitrogens is 1. The van der Waals surface area contributed by atoms with Gasteiger partial charge in [0.1, 0.15) is 5.82 Å². The van der Waals surface area contributed by atoms with Crippen LogP contribution in [0.25, 0.3) is 16.6 Å². The maximum absolute atomic E-state index is 12.2. The zero-order valence-corrected chi connectivity index (χ0v) is 15.3. The summed E-state index contributed by atoms with van der Waals surface area (Å²) >= 11 is 7.38. The van der Waals surface area contributed by atoms with E-state index in [1.807, 2.05) is 31.2 Å². The van der Waals surface area contributed by atoms with Crippen LogP contribution in [0.15, 0.2) is 52.4 Å². The number of benzene rings is 2. The number of tetrazole rings is 1. The summed E-state index contributed by atoms with van der Waals surface area (Å²) in [5, 5.41) is 13.5. The summed E-state index contributed by atoms with van der Waals surface area (Å²) in [6.07, 6.45) is 0. The molecule has 0 amide bonds. The Morgan fingerprint density at radius 2 is 2.00 bits per heavy atom. The van der Waals surface area contributed by atoms with Crippen molar-refractivity contribution >= 4 is 34.3 Å². The molecule has 2 aromatic heterocycles. The molecule has 0 fully saturated rings. The normalized spacial score (nSPS) is 11.2. The van der Waals surface area contributed by atoms with E-state index in [-0.39, 0.29) is 5.56 Å². The van der Waals surface area contributed by atoms with Crippen LogP contribution in [0.5, 0.6) is 0 Å². The Hall–Kier alpha value is -2.71. The molecule has 0 radical (unpaired) electrons. The van der Waals surface area contributed by atoms with Crippen molar-refractivity contribution in [3.8, 4) is 5.69 Å². The molecule has 9 heteroatoms. The quantitative estimate of drug-likeness (QED) is 0.543. The minimum atomic E-state index is -0.194. The second kappa shape index (κ2) is 6.89. The van der Waals surface area contributed by atoms with E-state index >= 15 is 0 Å². The number of aromatic amines is 1. The third kappa shape index (κ3) is 3.33. The molecule has 0 saturated carbocycles. The second-order valence-corrected chi connectivity index (χ2v) is 7.05. The minimum absolute atomic E-state index is 0.194. The molecule has 4 aromatic rings. The van der Waals surface area contributed by atoms with Gasteiger partial charge in [-0.05, 0) is 47.7 Å². The average Bonchev–Trinajstić information content (AvgIpc) is 3.09. The summed E-state index contributed by atoms with van der Waals surface area (Å²) in [4.78, 5) is 19.5. The number of aromatic nitrogens is 6. The maximum atomic E-state index is 12.2. The van der Waals surface area contributed by atoms with E-state index in [1.54, 1.807) is 22.9 Å². The number of nitrogens with zero attached hydrogens (tertiary/aromatic N) is 5. The number of hydrogen-bond acceptors (Lipinski definition) is 6. The average molecular weight is 385 g/mol. The molecule has 0 unspecified atom stereocenters. The third-order valence-corrected chi connectivity index (χ3v) is 4.94. The van der Waals surface area contributed by atoms with Gasteiger partial charge in [0, 0.05) is 5.02 Å². The number of fused-ring (bicyclic) bond motifs is 1. The Bertz CT molecular complexity index is 1140. The summed E-state index contributed by atoms with van der Waals surface area (Å²) < 4.78 is 1.65. The van der Waals surface area contributed by atoms with Gasteiger partial charge in [-0.15, -0.1) is 5.10 Å². The minimum Gasteiger partial charge on any atom is -0.309 e. The van der Waals surface area contributed by atoms with Crippen LogP contribution in [0.1, 0.15) is 11.4 Å². The van der Waals surface area contributed by atoms with Gasteiger partial charge in [0.2, 0.25) is 5.16 Å². The van der Waals surface area contributed by atoms with Crippen molar-refractivity contribution in [2.45, 2.75) is 17.8 Å². The number of thioether (sulfide) groups is 1. The molecule has 26 heavy (non-hydrogen) atoms. The highest BCUT2D eigenvalue weighted by Gasteiger charge is 2.11. The Morgan fingerprint density at radius 3 is 2.81 bits per heavy atom. The van der Waals surface area contributed by atoms with Crippen LogP contribution in [0.4, 0.5) is 0 Å². The van der Waals surface area contributed by atoms with E-state index in [1.165, 1.54) is 11.8 Å². The van der Waals surface area contributed by atoms with E-state index < -0.39 is 0 Å². The smallest absolute Gasteiger partial charge is 0.258 e. The molecule has 0 atom stereocenters. The number of halogens is 1. The van der Waals surface area contributed by atoms with Gasteiger partial charge in [-0.1, -0.05) is 41.1 Å². The van der Waals surface area contributed by atoms with Crippen molar-refractivity contribution in [1.29, 1.82) is 0 Å². The van der Waals surface area contributed by atoms with Crippen LogP contribution in [0.2, 0.25) is 5.02 Å². The molecule has 2 aromatic carbocycles. The highest BCUT2D eigenvalue weighted by molar-refractivity contribution is 7.98. The molecule has 7 nitrogen and oxygen atoms in total. The lowest BCUT2D eigenvalue weighted by molar-refractivity contribution is 0.756. The number of nitrogens with one attached hydrogen (secondary N) is 1. The van der Waals surface area contributed by atoms with E-state index in [2.05, 4.69) is 25.5 Å². The fourth-order valence-corrected chi connectivity index (χ4v) is 3.41. The summed E-state index contributed by atoms with van der Waals surface area (Å²) in [5.74, 6) is 0.956. The van der Waals surface area contributed by atoms with Gasteiger partial charge >= 0.3 is 0 Å². The highest BCUT2D eigenvalue weighted by atomic mass is 35.5. The largest absolute Gasteiger partial charge is 0.309 e. The fourth-order valence-electron chi connectivity index (χ4n) is 2.48. The van der Waals surface area contributed by atoms with Gasteiger partial charge in [-0.2, -0.15) is 4.68 Å². The molecule has 130 valence electrons. The van der Waals surface area contributed by atoms with Crippen LogP contribution >= 0.6 is 23.4 Å². The third-order valence-electron chi connectivity index (χ3n) is 3.78. The number of hydrogen-bond donors (Lipinski definition) is 1. The van der Waals surface area contributed by atoms with Gasteiger partial charge in [0.25, 0.3) is 5.56 Å². The monoisotopic (exact) mass is 384 g/mol. The first-order valence-corrected chi connectivity index (χ1v) is 9.13. The van der Waals surface area contributed by atoms with E-state index in [4.69, 9.17) is 11.6 Å². The molecule has 0 spiro atoms. The van der Waals surface area contributed by atoms with Crippen molar-refractivity contribution in [3.63, 3.8) is 0 Å². The van der Waals surface area contributed by atoms with Crippen molar-refractivity contribution in [2.24, 2.45) is 0 Å². The van der Waals surface area contributed by atoms with Crippen molar-refractivity contribution in [3.05, 3.63) is 69.2 Å². The molecule has 0 saturated heterocycles. The molecular formula is C17H13ClN6OS. The van der Waals surface area contributed by atoms with Crippen molar-refractivity contribution in [1.82, 2.24) is 30.2 Å². The Kier molecular flexibility index (Phi) is 4.44. The Morgan fingerprint density at radius 1 is 1.19 bits per heavy atom. The molecule has 4 rings (SSSR count). The standard InChI is InChI=1S/C17H13ClN6OS/c1-10-2-5-12(6-3-10)24-17(21-22-23-24)26-9-15-19-14-8-11(18)4-7-13(14)16(25)20-15/h2-8H,9H2,1H3,(H,19,20,25). The lowest BCUT2D eigenvalue weighted by Crippen LogP contribution is -2.11. The Labute approximate surface area is 157 Å². The Balaban J connectivity index is 1.60. The van der Waals surface area contributed by atoms with Gasteiger partial charge in [-0.25, -0.2) is 4.98 Å². The summed E-state index contributed by atoms with van der Waals surface area (Å²) in [5.41, 5.74) is 2.40. The topological polar surface area (TPSA) is 89.3 Å². The summed E-state index contributed by atoms with van der Waals surface area (Å²) in [6.45, 7) is 2.02. The molecular weight excluding hydrogens is 372 g/mol. The SMILES string of the molecule is Cc1ccc(-n2nnnc2SCc2nc3cc(Cl)ccc3c(=O)[nH]2)cc1. The van der Waals surface area contributed by atoms with E-state index in [0.717, 1.165) is 11.3 Å². The predicted molar refractivity (Wildman–Crippen MR) is 101 cm³/mol. The zero-order chi connectivity index (χ0) is 18.1. The molecule has 0 aliphatic rings. The molecule has 1 N–H and O–H groups in total. The van der Waals surface area contributed by atoms with E-state index in [0.29, 0.717) is 32.7 Å². The summed E-state index contributed by atoms with van der Waals surface area (Å²) in [6, 6.07) is 12.9. The van der Waals surface area contributed by atoms with Crippen LogP contribution in [-0.2, 0) is 5.75 Å². The lowest BCUT2D eigenvalue weighted by atomic mass is 10.2. The zero-order valence-electron chi connectivity index (χ0n) is 13.7. The van der Waals surface area contributed by atoms with Crippen molar-refractivity contribution in [2.75, 3.05) is 0 Å². The number of aryl methyl sites for hydroxylation is 1. The van der Waals surface area contributed by atoms with Gasteiger partial charge in [0.05, 0.1) is 22.3 Å². The van der Waals surface area contributed by atoms with Crippen LogP contribution in [0.3, 0.4) is 0 Å². The molecule has 0 bridgehead atoms. The van der Waals surface area contributed by atoms with Gasteiger partial charge in [0.15, 0.2) is 0 Å². The molecule has 0 aliphatic heterocycles. The summed E-state index contributed by atoms with van der Waals surface area (Å²) in [7, 11) is 0. The number of rotatable bonds is 4. The first-order valence-electron chi connectivity index (χ1n) is 7.77. The highest BCUT2D eigenvalue weighted by Crippen LogP contribution is 2.22. The molecule has 2 heterocycles.